The first-order valence-corrected chi connectivity index (χ1v) is 7.32. The van der Waals surface area contributed by atoms with E-state index in [2.05, 4.69) is 41.0 Å². The van der Waals surface area contributed by atoms with Crippen molar-refractivity contribution in [2.24, 2.45) is 5.92 Å². The minimum atomic E-state index is -0.360. The van der Waals surface area contributed by atoms with E-state index in [1.165, 1.54) is 12.3 Å². The molecule has 5 heteroatoms. The Labute approximate surface area is 124 Å². The van der Waals surface area contributed by atoms with Crippen LogP contribution < -0.4 is 5.32 Å². The fourth-order valence-electron chi connectivity index (χ4n) is 1.99. The van der Waals surface area contributed by atoms with Gasteiger partial charge >= 0.3 is 0 Å². The average molecular weight is 288 g/mol. The topological polar surface area (TPSA) is 50.7 Å². The van der Waals surface area contributed by atoms with E-state index in [-0.39, 0.29) is 5.82 Å². The normalized spacial score (nSPS) is 10.9. The van der Waals surface area contributed by atoms with Gasteiger partial charge in [-0.25, -0.2) is 19.3 Å². The molecule has 0 aliphatic heterocycles. The molecular formula is C16H21FN4. The van der Waals surface area contributed by atoms with E-state index in [0.717, 1.165) is 30.9 Å². The van der Waals surface area contributed by atoms with E-state index in [1.807, 2.05) is 6.07 Å². The van der Waals surface area contributed by atoms with Gasteiger partial charge in [-0.1, -0.05) is 20.8 Å². The number of nitrogens with one attached hydrogen (secondary N) is 1. The number of hydrogen-bond donors (Lipinski definition) is 1. The van der Waals surface area contributed by atoms with Crippen molar-refractivity contribution < 1.29 is 4.39 Å². The second-order valence-corrected chi connectivity index (χ2v) is 5.45. The van der Waals surface area contributed by atoms with Gasteiger partial charge in [0.25, 0.3) is 0 Å². The second-order valence-electron chi connectivity index (χ2n) is 5.45. The predicted octanol–water partition coefficient (Wildman–Crippen LogP) is 3.70. The second kappa shape index (κ2) is 7.11. The highest BCUT2D eigenvalue weighted by Gasteiger charge is 2.09. The molecule has 21 heavy (non-hydrogen) atoms. The molecule has 2 heterocycles. The molecule has 4 nitrogen and oxygen atoms in total. The van der Waals surface area contributed by atoms with Gasteiger partial charge in [0.2, 0.25) is 0 Å². The van der Waals surface area contributed by atoms with Crippen LogP contribution >= 0.6 is 0 Å². The van der Waals surface area contributed by atoms with Gasteiger partial charge in [-0.3, -0.25) is 0 Å². The fraction of sp³-hybridized carbons (Fsp3) is 0.438. The number of aromatic nitrogens is 3. The Morgan fingerprint density at radius 3 is 2.67 bits per heavy atom. The van der Waals surface area contributed by atoms with Crippen LogP contribution in [-0.4, -0.2) is 21.5 Å². The van der Waals surface area contributed by atoms with Gasteiger partial charge in [0.1, 0.15) is 17.3 Å². The van der Waals surface area contributed by atoms with Gasteiger partial charge in [0, 0.05) is 18.3 Å². The standard InChI is InChI=1S/C16H21FN4/c1-4-7-18-15-9-13(8-11(2)3)20-16(21-15)14-6-5-12(17)10-19-14/h5-6,9-11H,4,7-8H2,1-3H3,(H,18,20,21). The van der Waals surface area contributed by atoms with E-state index < -0.39 is 0 Å². The van der Waals surface area contributed by atoms with E-state index in [1.54, 1.807) is 6.07 Å². The molecule has 0 aliphatic carbocycles. The van der Waals surface area contributed by atoms with Gasteiger partial charge in [-0.15, -0.1) is 0 Å². The third-order valence-corrected chi connectivity index (χ3v) is 2.91. The molecule has 2 rings (SSSR count). The van der Waals surface area contributed by atoms with Gasteiger partial charge in [0.05, 0.1) is 6.20 Å². The van der Waals surface area contributed by atoms with Crippen LogP contribution in [0, 0.1) is 11.7 Å². The molecule has 112 valence electrons. The largest absolute Gasteiger partial charge is 0.370 e. The van der Waals surface area contributed by atoms with E-state index in [4.69, 9.17) is 0 Å². The maximum absolute atomic E-state index is 13.0. The molecule has 0 spiro atoms. The monoisotopic (exact) mass is 288 g/mol. The Morgan fingerprint density at radius 1 is 1.24 bits per heavy atom. The summed E-state index contributed by atoms with van der Waals surface area (Å²) >= 11 is 0. The van der Waals surface area contributed by atoms with Crippen LogP contribution in [0.1, 0.15) is 32.9 Å². The molecule has 0 saturated carbocycles. The number of pyridine rings is 1. The van der Waals surface area contributed by atoms with Crippen LogP contribution in [0.25, 0.3) is 11.5 Å². The van der Waals surface area contributed by atoms with Crippen molar-refractivity contribution in [2.45, 2.75) is 33.6 Å². The molecule has 0 unspecified atom stereocenters. The lowest BCUT2D eigenvalue weighted by Gasteiger charge is -2.10. The highest BCUT2D eigenvalue weighted by molar-refractivity contribution is 5.53. The van der Waals surface area contributed by atoms with Gasteiger partial charge < -0.3 is 5.32 Å². The number of hydrogen-bond acceptors (Lipinski definition) is 4. The summed E-state index contributed by atoms with van der Waals surface area (Å²) in [6, 6.07) is 4.95. The first kappa shape index (κ1) is 15.4. The fourth-order valence-corrected chi connectivity index (χ4v) is 1.99. The summed E-state index contributed by atoms with van der Waals surface area (Å²) in [6.07, 6.45) is 3.08. The lowest BCUT2D eigenvalue weighted by molar-refractivity contribution is 0.621. The molecule has 2 aromatic heterocycles. The molecule has 0 atom stereocenters. The smallest absolute Gasteiger partial charge is 0.180 e. The van der Waals surface area contributed by atoms with Crippen LogP contribution in [0.15, 0.2) is 24.4 Å². The number of rotatable bonds is 6. The molecule has 0 bridgehead atoms. The molecule has 2 aromatic rings. The Bertz CT molecular complexity index is 581. The summed E-state index contributed by atoms with van der Waals surface area (Å²) in [5.74, 6) is 1.48. The highest BCUT2D eigenvalue weighted by atomic mass is 19.1. The zero-order valence-corrected chi connectivity index (χ0v) is 12.7. The number of anilines is 1. The van der Waals surface area contributed by atoms with Crippen molar-refractivity contribution in [1.29, 1.82) is 0 Å². The highest BCUT2D eigenvalue weighted by Crippen LogP contribution is 2.18. The van der Waals surface area contributed by atoms with Crippen LogP contribution in [0.3, 0.4) is 0 Å². The molecular weight excluding hydrogens is 267 g/mol. The van der Waals surface area contributed by atoms with Crippen molar-refractivity contribution in [1.82, 2.24) is 15.0 Å². The number of halogens is 1. The lowest BCUT2D eigenvalue weighted by atomic mass is 10.1. The molecule has 0 aromatic carbocycles. The van der Waals surface area contributed by atoms with Crippen molar-refractivity contribution in [3.05, 3.63) is 35.9 Å². The first-order chi connectivity index (χ1) is 10.1. The van der Waals surface area contributed by atoms with Crippen LogP contribution in [0.2, 0.25) is 0 Å². The molecule has 0 fully saturated rings. The zero-order chi connectivity index (χ0) is 15.2. The van der Waals surface area contributed by atoms with Gasteiger partial charge in [0.15, 0.2) is 5.82 Å². The minimum absolute atomic E-state index is 0.360. The summed E-state index contributed by atoms with van der Waals surface area (Å²) in [4.78, 5) is 13.1. The van der Waals surface area contributed by atoms with Crippen molar-refractivity contribution in [2.75, 3.05) is 11.9 Å². The SMILES string of the molecule is CCCNc1cc(CC(C)C)nc(-c2ccc(F)cn2)n1. The van der Waals surface area contributed by atoms with Gasteiger partial charge in [-0.2, -0.15) is 0 Å². The molecule has 0 saturated heterocycles. The van der Waals surface area contributed by atoms with E-state index >= 15 is 0 Å². The van der Waals surface area contributed by atoms with Crippen molar-refractivity contribution in [3.8, 4) is 11.5 Å². The zero-order valence-electron chi connectivity index (χ0n) is 12.7. The lowest BCUT2D eigenvalue weighted by Crippen LogP contribution is -2.07. The van der Waals surface area contributed by atoms with Crippen molar-refractivity contribution >= 4 is 5.82 Å². The third kappa shape index (κ3) is 4.48. The summed E-state index contributed by atoms with van der Waals surface area (Å²) in [5.41, 5.74) is 1.56. The Kier molecular flexibility index (Phi) is 5.20. The summed E-state index contributed by atoms with van der Waals surface area (Å²) in [6.45, 7) is 7.26. The molecule has 0 aliphatic rings. The quantitative estimate of drug-likeness (QED) is 0.880. The van der Waals surface area contributed by atoms with Crippen LogP contribution in [0.5, 0.6) is 0 Å². The summed E-state index contributed by atoms with van der Waals surface area (Å²) in [7, 11) is 0. The maximum Gasteiger partial charge on any atom is 0.180 e. The number of nitrogens with zero attached hydrogens (tertiary/aromatic N) is 3. The molecule has 0 amide bonds. The van der Waals surface area contributed by atoms with Crippen LogP contribution in [-0.2, 0) is 6.42 Å². The van der Waals surface area contributed by atoms with Gasteiger partial charge in [-0.05, 0) is 30.9 Å². The Balaban J connectivity index is 2.36. The average Bonchev–Trinajstić information content (AvgIpc) is 2.45. The third-order valence-electron chi connectivity index (χ3n) is 2.91. The predicted molar refractivity (Wildman–Crippen MR) is 82.5 cm³/mol. The summed E-state index contributed by atoms with van der Waals surface area (Å²) < 4.78 is 13.0. The minimum Gasteiger partial charge on any atom is -0.370 e. The van der Waals surface area contributed by atoms with Crippen molar-refractivity contribution in [3.63, 3.8) is 0 Å². The Hall–Kier alpha value is -2.04. The summed E-state index contributed by atoms with van der Waals surface area (Å²) in [5, 5.41) is 3.28. The van der Waals surface area contributed by atoms with E-state index in [0.29, 0.717) is 17.4 Å². The molecule has 1 N–H and O–H groups in total. The first-order valence-electron chi connectivity index (χ1n) is 7.32. The van der Waals surface area contributed by atoms with E-state index in [9.17, 15) is 4.39 Å². The molecule has 0 radical (unpaired) electrons. The maximum atomic E-state index is 13.0. The van der Waals surface area contributed by atoms with Crippen LogP contribution in [0.4, 0.5) is 10.2 Å². The Morgan fingerprint density at radius 2 is 2.05 bits per heavy atom.